The van der Waals surface area contributed by atoms with Gasteiger partial charge in [-0.3, -0.25) is 9.59 Å². The maximum absolute atomic E-state index is 11.1. The van der Waals surface area contributed by atoms with Gasteiger partial charge in [-0.2, -0.15) is 0 Å². The number of likely N-dealkylation sites (tertiary alicyclic amines) is 1. The molecule has 15 heavy (non-hydrogen) atoms. The lowest BCUT2D eigenvalue weighted by Gasteiger charge is -2.32. The van der Waals surface area contributed by atoms with Crippen LogP contribution >= 0.6 is 0 Å². The van der Waals surface area contributed by atoms with Crippen LogP contribution in [0.5, 0.6) is 0 Å². The van der Waals surface area contributed by atoms with Crippen LogP contribution in [-0.2, 0) is 9.59 Å². The van der Waals surface area contributed by atoms with Crippen LogP contribution < -0.4 is 5.32 Å². The van der Waals surface area contributed by atoms with Crippen LogP contribution in [0.3, 0.4) is 0 Å². The van der Waals surface area contributed by atoms with Crippen molar-refractivity contribution >= 4 is 11.9 Å². The average Bonchev–Trinajstić information content (AvgIpc) is 2.17. The van der Waals surface area contributed by atoms with Gasteiger partial charge in [0.25, 0.3) is 0 Å². The predicted octanol–water partition coefficient (Wildman–Crippen LogP) is -0.0809. The quantitative estimate of drug-likeness (QED) is 0.686. The third-order valence-corrected chi connectivity index (χ3v) is 2.67. The van der Waals surface area contributed by atoms with E-state index in [-0.39, 0.29) is 12.5 Å². The van der Waals surface area contributed by atoms with E-state index in [2.05, 4.69) is 5.32 Å². The van der Waals surface area contributed by atoms with Gasteiger partial charge >= 0.3 is 5.97 Å². The number of rotatable bonds is 4. The summed E-state index contributed by atoms with van der Waals surface area (Å²) in [5, 5.41) is 11.3. The molecule has 0 spiro atoms. The van der Waals surface area contributed by atoms with Crippen LogP contribution in [0, 0.1) is 5.92 Å². The number of amides is 1. The van der Waals surface area contributed by atoms with E-state index in [9.17, 15) is 9.59 Å². The molecule has 1 fully saturated rings. The summed E-state index contributed by atoms with van der Waals surface area (Å²) in [6.07, 6.45) is 2.08. The molecule has 2 N–H and O–H groups in total. The van der Waals surface area contributed by atoms with E-state index >= 15 is 0 Å². The van der Waals surface area contributed by atoms with Gasteiger partial charge in [0.05, 0.1) is 6.54 Å². The lowest BCUT2D eigenvalue weighted by molar-refractivity contribution is -0.136. The third kappa shape index (κ3) is 4.29. The summed E-state index contributed by atoms with van der Waals surface area (Å²) in [6, 6.07) is 0. The normalized spacial score (nSPS) is 21.4. The number of hydrogen-bond donors (Lipinski definition) is 2. The highest BCUT2D eigenvalue weighted by molar-refractivity contribution is 5.73. The summed E-state index contributed by atoms with van der Waals surface area (Å²) in [7, 11) is 0. The fourth-order valence-electron chi connectivity index (χ4n) is 1.90. The van der Waals surface area contributed by atoms with Gasteiger partial charge in [0.15, 0.2) is 0 Å². The van der Waals surface area contributed by atoms with Gasteiger partial charge in [-0.15, -0.1) is 0 Å². The summed E-state index contributed by atoms with van der Waals surface area (Å²) in [4.78, 5) is 23.3. The Bertz CT molecular complexity index is 243. The second-order valence-corrected chi connectivity index (χ2v) is 4.00. The van der Waals surface area contributed by atoms with E-state index in [1.807, 2.05) is 4.90 Å². The first-order valence-electron chi connectivity index (χ1n) is 5.27. The number of nitrogens with one attached hydrogen (secondary N) is 1. The summed E-state index contributed by atoms with van der Waals surface area (Å²) in [6.45, 7) is 3.84. The maximum Gasteiger partial charge on any atom is 0.317 e. The van der Waals surface area contributed by atoms with Crippen LogP contribution in [0.1, 0.15) is 19.8 Å². The SMILES string of the molecule is CC(=O)N1CCCC(CNCC(=O)O)C1. The van der Waals surface area contributed by atoms with Crippen LogP contribution in [0.4, 0.5) is 0 Å². The average molecular weight is 214 g/mol. The maximum atomic E-state index is 11.1. The van der Waals surface area contributed by atoms with Gasteiger partial charge < -0.3 is 15.3 Å². The van der Waals surface area contributed by atoms with E-state index in [4.69, 9.17) is 5.11 Å². The fraction of sp³-hybridized carbons (Fsp3) is 0.800. The van der Waals surface area contributed by atoms with Gasteiger partial charge in [-0.1, -0.05) is 0 Å². The summed E-state index contributed by atoms with van der Waals surface area (Å²) in [5.74, 6) is -0.339. The predicted molar refractivity (Wildman–Crippen MR) is 55.5 cm³/mol. The number of hydrogen-bond acceptors (Lipinski definition) is 3. The number of aliphatic carboxylic acids is 1. The molecule has 0 saturated carbocycles. The summed E-state index contributed by atoms with van der Waals surface area (Å²) < 4.78 is 0. The molecule has 0 radical (unpaired) electrons. The Labute approximate surface area is 89.4 Å². The molecule has 1 atom stereocenters. The minimum absolute atomic E-state index is 0.00340. The number of piperidine rings is 1. The van der Waals surface area contributed by atoms with Crippen molar-refractivity contribution in [2.45, 2.75) is 19.8 Å². The fourth-order valence-corrected chi connectivity index (χ4v) is 1.90. The Morgan fingerprint density at radius 1 is 1.53 bits per heavy atom. The highest BCUT2D eigenvalue weighted by atomic mass is 16.4. The molecule has 5 nitrogen and oxygen atoms in total. The summed E-state index contributed by atoms with van der Waals surface area (Å²) in [5.41, 5.74) is 0. The first kappa shape index (κ1) is 12.0. The molecule has 1 heterocycles. The smallest absolute Gasteiger partial charge is 0.317 e. The molecule has 0 bridgehead atoms. The van der Waals surface area contributed by atoms with Crippen molar-refractivity contribution in [1.82, 2.24) is 10.2 Å². The number of nitrogens with zero attached hydrogens (tertiary/aromatic N) is 1. The lowest BCUT2D eigenvalue weighted by atomic mass is 9.98. The molecular weight excluding hydrogens is 196 g/mol. The zero-order chi connectivity index (χ0) is 11.3. The number of carbonyl (C=O) groups excluding carboxylic acids is 1. The van der Waals surface area contributed by atoms with Gasteiger partial charge in [0.2, 0.25) is 5.91 Å². The van der Waals surface area contributed by atoms with Gasteiger partial charge in [-0.05, 0) is 18.8 Å². The van der Waals surface area contributed by atoms with Crippen molar-refractivity contribution in [3.63, 3.8) is 0 Å². The van der Waals surface area contributed by atoms with Crippen molar-refractivity contribution in [2.75, 3.05) is 26.2 Å². The molecular formula is C10H18N2O3. The van der Waals surface area contributed by atoms with Crippen molar-refractivity contribution in [2.24, 2.45) is 5.92 Å². The first-order valence-corrected chi connectivity index (χ1v) is 5.27. The second kappa shape index (κ2) is 5.70. The molecule has 1 rings (SSSR count). The lowest BCUT2D eigenvalue weighted by Crippen LogP contribution is -2.42. The molecule has 0 aromatic carbocycles. The number of carboxylic acid groups (broad SMARTS) is 1. The third-order valence-electron chi connectivity index (χ3n) is 2.67. The van der Waals surface area contributed by atoms with E-state index in [0.29, 0.717) is 12.5 Å². The Kier molecular flexibility index (Phi) is 4.55. The topological polar surface area (TPSA) is 69.6 Å². The molecule has 0 aromatic rings. The molecule has 1 amide bonds. The van der Waals surface area contributed by atoms with Gasteiger partial charge in [-0.25, -0.2) is 0 Å². The van der Waals surface area contributed by atoms with Crippen molar-refractivity contribution in [3.05, 3.63) is 0 Å². The second-order valence-electron chi connectivity index (χ2n) is 4.00. The van der Waals surface area contributed by atoms with E-state index in [1.165, 1.54) is 0 Å². The van der Waals surface area contributed by atoms with Gasteiger partial charge in [0, 0.05) is 26.6 Å². The summed E-state index contributed by atoms with van der Waals surface area (Å²) >= 11 is 0. The highest BCUT2D eigenvalue weighted by Crippen LogP contribution is 2.15. The Balaban J connectivity index is 2.24. The Morgan fingerprint density at radius 3 is 2.87 bits per heavy atom. The largest absolute Gasteiger partial charge is 0.480 e. The molecule has 86 valence electrons. The Hall–Kier alpha value is -1.10. The molecule has 0 aliphatic carbocycles. The standard InChI is InChI=1S/C10H18N2O3/c1-8(13)12-4-2-3-9(7-12)5-11-6-10(14)15/h9,11H,2-7H2,1H3,(H,14,15). The van der Waals surface area contributed by atoms with Crippen molar-refractivity contribution < 1.29 is 14.7 Å². The highest BCUT2D eigenvalue weighted by Gasteiger charge is 2.21. The van der Waals surface area contributed by atoms with Crippen molar-refractivity contribution in [1.29, 1.82) is 0 Å². The number of carboxylic acids is 1. The first-order chi connectivity index (χ1) is 7.09. The Morgan fingerprint density at radius 2 is 2.27 bits per heavy atom. The van der Waals surface area contributed by atoms with Crippen LogP contribution in [0.2, 0.25) is 0 Å². The molecule has 5 heteroatoms. The molecule has 1 unspecified atom stereocenters. The molecule has 1 aliphatic heterocycles. The van der Waals surface area contributed by atoms with Crippen LogP contribution in [-0.4, -0.2) is 48.1 Å². The van der Waals surface area contributed by atoms with Gasteiger partial charge in [0.1, 0.15) is 0 Å². The van der Waals surface area contributed by atoms with Crippen molar-refractivity contribution in [3.8, 4) is 0 Å². The van der Waals surface area contributed by atoms with E-state index < -0.39 is 5.97 Å². The monoisotopic (exact) mass is 214 g/mol. The van der Waals surface area contributed by atoms with E-state index in [0.717, 1.165) is 25.9 Å². The zero-order valence-corrected chi connectivity index (χ0v) is 9.03. The minimum Gasteiger partial charge on any atom is -0.480 e. The van der Waals surface area contributed by atoms with E-state index in [1.54, 1.807) is 6.92 Å². The molecule has 0 aromatic heterocycles. The minimum atomic E-state index is -0.839. The zero-order valence-electron chi connectivity index (χ0n) is 9.03. The molecule has 1 saturated heterocycles. The number of carbonyl (C=O) groups is 2. The molecule has 1 aliphatic rings. The van der Waals surface area contributed by atoms with Crippen LogP contribution in [0.15, 0.2) is 0 Å². The van der Waals surface area contributed by atoms with Crippen LogP contribution in [0.25, 0.3) is 0 Å².